The van der Waals surface area contributed by atoms with Gasteiger partial charge in [0.2, 0.25) is 11.8 Å². The zero-order valence-electron chi connectivity index (χ0n) is 21.3. The lowest BCUT2D eigenvalue weighted by molar-refractivity contribution is -0.140. The molecule has 0 aliphatic carbocycles. The SMILES string of the molecule is C=CC(=O)N1CCC(C(=O)N2CCC(n3ncc(-c4cc(OC)c5c(C#N)cnn5c4)c3C)CC2)CC1. The first-order valence-corrected chi connectivity index (χ1v) is 12.6. The average molecular weight is 502 g/mol. The summed E-state index contributed by atoms with van der Waals surface area (Å²) >= 11 is 0. The first-order valence-electron chi connectivity index (χ1n) is 12.6. The molecular formula is C27H31N7O3. The van der Waals surface area contributed by atoms with Crippen LogP contribution in [0, 0.1) is 24.2 Å². The molecule has 5 rings (SSSR count). The number of carbonyl (C=O) groups is 2. The number of fused-ring (bicyclic) bond motifs is 1. The number of rotatable bonds is 5. The molecule has 3 aromatic heterocycles. The van der Waals surface area contributed by atoms with Crippen LogP contribution in [0.5, 0.6) is 5.75 Å². The van der Waals surface area contributed by atoms with E-state index in [-0.39, 0.29) is 23.8 Å². The van der Waals surface area contributed by atoms with E-state index in [1.807, 2.05) is 23.4 Å². The summed E-state index contributed by atoms with van der Waals surface area (Å²) in [5, 5.41) is 18.4. The van der Waals surface area contributed by atoms with Gasteiger partial charge in [-0.2, -0.15) is 15.5 Å². The lowest BCUT2D eigenvalue weighted by Gasteiger charge is -2.37. The van der Waals surface area contributed by atoms with E-state index < -0.39 is 0 Å². The molecule has 0 aromatic carbocycles. The van der Waals surface area contributed by atoms with E-state index in [2.05, 4.69) is 29.4 Å². The Morgan fingerprint density at radius 2 is 1.81 bits per heavy atom. The molecule has 2 aliphatic heterocycles. The molecule has 5 heterocycles. The minimum atomic E-state index is -0.0596. The predicted octanol–water partition coefficient (Wildman–Crippen LogP) is 2.97. The summed E-state index contributed by atoms with van der Waals surface area (Å²) in [5.74, 6) is 0.719. The largest absolute Gasteiger partial charge is 0.494 e. The molecule has 0 radical (unpaired) electrons. The summed E-state index contributed by atoms with van der Waals surface area (Å²) in [6.07, 6.45) is 9.73. The number of nitriles is 1. The zero-order valence-corrected chi connectivity index (χ0v) is 21.3. The Bertz CT molecular complexity index is 1380. The summed E-state index contributed by atoms with van der Waals surface area (Å²) in [7, 11) is 1.59. The second-order valence-electron chi connectivity index (χ2n) is 9.71. The molecule has 0 unspecified atom stereocenters. The fourth-order valence-electron chi connectivity index (χ4n) is 5.61. The summed E-state index contributed by atoms with van der Waals surface area (Å²) in [4.78, 5) is 28.7. The topological polar surface area (TPSA) is 109 Å². The Kier molecular flexibility index (Phi) is 6.70. The molecule has 37 heavy (non-hydrogen) atoms. The van der Waals surface area contributed by atoms with Gasteiger partial charge in [0.1, 0.15) is 22.9 Å². The minimum absolute atomic E-state index is 0.0165. The Morgan fingerprint density at radius 1 is 1.11 bits per heavy atom. The van der Waals surface area contributed by atoms with Crippen molar-refractivity contribution < 1.29 is 14.3 Å². The maximum absolute atomic E-state index is 13.1. The first-order chi connectivity index (χ1) is 17.9. The Labute approximate surface area is 215 Å². The number of hydrogen-bond acceptors (Lipinski definition) is 6. The number of carbonyl (C=O) groups excluding carboxylic acids is 2. The number of aromatic nitrogens is 4. The number of hydrogen-bond donors (Lipinski definition) is 0. The van der Waals surface area contributed by atoms with Crippen molar-refractivity contribution in [2.45, 2.75) is 38.6 Å². The summed E-state index contributed by atoms with van der Waals surface area (Å²) < 4.78 is 9.30. The number of ether oxygens (including phenoxy) is 1. The normalized spacial score (nSPS) is 17.1. The molecular weight excluding hydrogens is 470 g/mol. The molecule has 0 bridgehead atoms. The molecule has 2 saturated heterocycles. The molecule has 0 atom stereocenters. The molecule has 192 valence electrons. The van der Waals surface area contributed by atoms with Crippen molar-refractivity contribution in [2.24, 2.45) is 5.92 Å². The maximum Gasteiger partial charge on any atom is 0.245 e. The van der Waals surface area contributed by atoms with Gasteiger partial charge in [0.25, 0.3) is 0 Å². The van der Waals surface area contributed by atoms with Crippen LogP contribution in [-0.4, -0.2) is 74.3 Å². The van der Waals surface area contributed by atoms with Gasteiger partial charge < -0.3 is 14.5 Å². The molecule has 2 fully saturated rings. The molecule has 0 N–H and O–H groups in total. The molecule has 10 heteroatoms. The van der Waals surface area contributed by atoms with Crippen LogP contribution in [0.3, 0.4) is 0 Å². The van der Waals surface area contributed by atoms with E-state index in [1.54, 1.807) is 16.5 Å². The second kappa shape index (κ2) is 10.1. The molecule has 0 spiro atoms. The van der Waals surface area contributed by atoms with Crippen molar-refractivity contribution in [1.29, 1.82) is 5.26 Å². The Balaban J connectivity index is 1.26. The van der Waals surface area contributed by atoms with Gasteiger partial charge in [-0.05, 0) is 44.7 Å². The van der Waals surface area contributed by atoms with Crippen molar-refractivity contribution >= 4 is 17.3 Å². The minimum Gasteiger partial charge on any atom is -0.494 e. The maximum atomic E-state index is 13.1. The third kappa shape index (κ3) is 4.46. The summed E-state index contributed by atoms with van der Waals surface area (Å²) in [6, 6.07) is 4.29. The van der Waals surface area contributed by atoms with Crippen molar-refractivity contribution in [1.82, 2.24) is 29.2 Å². The van der Waals surface area contributed by atoms with E-state index in [0.717, 1.165) is 29.7 Å². The van der Waals surface area contributed by atoms with Gasteiger partial charge in [-0.25, -0.2) is 4.52 Å². The lowest BCUT2D eigenvalue weighted by atomic mass is 9.93. The Hall–Kier alpha value is -4.13. The fraction of sp³-hybridized carbons (Fsp3) is 0.444. The standard InChI is InChI=1S/C27H31N7O3/c1-4-25(35)31-9-5-19(6-10-31)27(36)32-11-7-22(8-12-32)34-18(2)23(16-30-34)20-13-24(37-3)26-21(14-28)15-29-33(26)17-20/h4,13,15-17,19,22H,1,5-12H2,2-3H3. The molecule has 10 nitrogen and oxygen atoms in total. The van der Waals surface area contributed by atoms with Crippen LogP contribution in [0.25, 0.3) is 16.6 Å². The van der Waals surface area contributed by atoms with Crippen LogP contribution in [0.4, 0.5) is 0 Å². The summed E-state index contributed by atoms with van der Waals surface area (Å²) in [5.41, 5.74) is 4.04. The highest BCUT2D eigenvalue weighted by Gasteiger charge is 2.32. The fourth-order valence-corrected chi connectivity index (χ4v) is 5.61. The number of amides is 2. The van der Waals surface area contributed by atoms with Gasteiger partial charge >= 0.3 is 0 Å². The molecule has 3 aromatic rings. The van der Waals surface area contributed by atoms with Crippen molar-refractivity contribution in [2.75, 3.05) is 33.3 Å². The van der Waals surface area contributed by atoms with E-state index in [9.17, 15) is 14.9 Å². The van der Waals surface area contributed by atoms with Crippen molar-refractivity contribution in [3.05, 3.63) is 48.6 Å². The highest BCUT2D eigenvalue weighted by molar-refractivity contribution is 5.87. The van der Waals surface area contributed by atoms with Crippen molar-refractivity contribution in [3.8, 4) is 22.9 Å². The van der Waals surface area contributed by atoms with Gasteiger partial charge in [-0.3, -0.25) is 14.3 Å². The van der Waals surface area contributed by atoms with E-state index >= 15 is 0 Å². The monoisotopic (exact) mass is 501 g/mol. The molecule has 0 saturated carbocycles. The number of nitrogens with zero attached hydrogens (tertiary/aromatic N) is 7. The smallest absolute Gasteiger partial charge is 0.245 e. The van der Waals surface area contributed by atoms with Gasteiger partial charge in [-0.1, -0.05) is 6.58 Å². The van der Waals surface area contributed by atoms with Crippen LogP contribution in [0.15, 0.2) is 37.3 Å². The van der Waals surface area contributed by atoms with Gasteiger partial charge in [0.05, 0.1) is 25.5 Å². The quantitative estimate of drug-likeness (QED) is 0.498. The third-order valence-corrected chi connectivity index (χ3v) is 7.73. The Morgan fingerprint density at radius 3 is 2.46 bits per heavy atom. The number of methoxy groups -OCH3 is 1. The van der Waals surface area contributed by atoms with Crippen LogP contribution in [-0.2, 0) is 9.59 Å². The zero-order chi connectivity index (χ0) is 26.1. The van der Waals surface area contributed by atoms with Gasteiger partial charge in [-0.15, -0.1) is 0 Å². The van der Waals surface area contributed by atoms with Crippen LogP contribution < -0.4 is 4.74 Å². The highest BCUT2D eigenvalue weighted by atomic mass is 16.5. The van der Waals surface area contributed by atoms with E-state index in [1.165, 1.54) is 12.3 Å². The van der Waals surface area contributed by atoms with Crippen molar-refractivity contribution in [3.63, 3.8) is 0 Å². The van der Waals surface area contributed by atoms with Crippen LogP contribution >= 0.6 is 0 Å². The van der Waals surface area contributed by atoms with Gasteiger partial charge in [0, 0.05) is 55.1 Å². The lowest BCUT2D eigenvalue weighted by Crippen LogP contribution is -2.46. The second-order valence-corrected chi connectivity index (χ2v) is 9.71. The summed E-state index contributed by atoms with van der Waals surface area (Å²) in [6.45, 7) is 8.23. The predicted molar refractivity (Wildman–Crippen MR) is 137 cm³/mol. The number of likely N-dealkylation sites (tertiary alicyclic amines) is 2. The number of piperidine rings is 2. The van der Waals surface area contributed by atoms with Gasteiger partial charge in [0.15, 0.2) is 0 Å². The molecule has 2 aliphatic rings. The van der Waals surface area contributed by atoms with Crippen LogP contribution in [0.1, 0.15) is 43.0 Å². The van der Waals surface area contributed by atoms with Crippen LogP contribution in [0.2, 0.25) is 0 Å². The molecule has 2 amide bonds. The van der Waals surface area contributed by atoms with E-state index in [4.69, 9.17) is 9.84 Å². The number of pyridine rings is 1. The first kappa shape index (κ1) is 24.6. The third-order valence-electron chi connectivity index (χ3n) is 7.73. The average Bonchev–Trinajstić information content (AvgIpc) is 3.55. The van der Waals surface area contributed by atoms with E-state index in [0.29, 0.717) is 55.9 Å². The highest BCUT2D eigenvalue weighted by Crippen LogP contribution is 2.34.